The molecule has 0 amide bonds. The van der Waals surface area contributed by atoms with Crippen molar-refractivity contribution < 1.29 is 0 Å². The van der Waals surface area contributed by atoms with Gasteiger partial charge in [0, 0.05) is 35.6 Å². The second-order valence-corrected chi connectivity index (χ2v) is 4.14. The number of H-pyrrole nitrogens is 1. The Kier molecular flexibility index (Phi) is 2.52. The number of hydrogen-bond acceptors (Lipinski definition) is 2. The Balaban J connectivity index is 2.20. The van der Waals surface area contributed by atoms with Crippen molar-refractivity contribution in [3.8, 4) is 11.1 Å². The summed E-state index contributed by atoms with van der Waals surface area (Å²) in [4.78, 5) is 19.2. The monoisotopic (exact) mass is 237 g/mol. The van der Waals surface area contributed by atoms with Gasteiger partial charge in [-0.1, -0.05) is 0 Å². The van der Waals surface area contributed by atoms with Crippen molar-refractivity contribution in [2.75, 3.05) is 0 Å². The van der Waals surface area contributed by atoms with Gasteiger partial charge in [0.1, 0.15) is 13.5 Å². The van der Waals surface area contributed by atoms with E-state index in [9.17, 15) is 4.79 Å². The summed E-state index contributed by atoms with van der Waals surface area (Å²) in [5.41, 5.74) is 2.79. The Hall–Kier alpha value is -2.30. The molecule has 0 atom stereocenters. The van der Waals surface area contributed by atoms with Crippen LogP contribution in [0.25, 0.3) is 22.2 Å². The highest BCUT2D eigenvalue weighted by Crippen LogP contribution is 2.26. The Morgan fingerprint density at radius 3 is 3.06 bits per heavy atom. The number of aromatic amines is 1. The third-order valence-corrected chi connectivity index (χ3v) is 3.10. The van der Waals surface area contributed by atoms with Crippen LogP contribution in [0.5, 0.6) is 0 Å². The molecule has 0 radical (unpaired) electrons. The largest absolute Gasteiger partial charge is 0.346 e. The molecule has 0 saturated carbocycles. The average molecular weight is 237 g/mol. The first-order chi connectivity index (χ1) is 8.79. The molecule has 0 spiro atoms. The molecule has 3 heterocycles. The van der Waals surface area contributed by atoms with E-state index in [1.165, 1.54) is 0 Å². The molecule has 0 fully saturated rings. The van der Waals surface area contributed by atoms with Crippen molar-refractivity contribution >= 4 is 18.9 Å². The first-order valence-electron chi connectivity index (χ1n) is 5.92. The lowest BCUT2D eigenvalue weighted by atomic mass is 10.1. The van der Waals surface area contributed by atoms with Crippen molar-refractivity contribution in [1.29, 1.82) is 0 Å². The summed E-state index contributed by atoms with van der Waals surface area (Å²) in [7, 11) is 1.96. The van der Waals surface area contributed by atoms with Crippen molar-refractivity contribution in [1.82, 2.24) is 14.5 Å². The lowest BCUT2D eigenvalue weighted by Gasteiger charge is -2.03. The molecule has 0 aliphatic rings. The van der Waals surface area contributed by atoms with Crippen LogP contribution >= 0.6 is 0 Å². The molecule has 0 bridgehead atoms. The highest BCUT2D eigenvalue weighted by Gasteiger charge is 2.07. The third kappa shape index (κ3) is 1.64. The lowest BCUT2D eigenvalue weighted by Crippen LogP contribution is -2.18. The Morgan fingerprint density at radius 1 is 1.39 bits per heavy atom. The number of hydrogen-bond donors (Lipinski definition) is 1. The zero-order chi connectivity index (χ0) is 12.5. The summed E-state index contributed by atoms with van der Waals surface area (Å²) in [6.45, 7) is 0. The molecule has 0 aliphatic carbocycles. The van der Waals surface area contributed by atoms with Crippen LogP contribution in [0.2, 0.25) is 0 Å². The van der Waals surface area contributed by atoms with Crippen LogP contribution in [0, 0.1) is 0 Å². The maximum Gasteiger partial charge on any atom is 0.250 e. The van der Waals surface area contributed by atoms with E-state index in [1.807, 2.05) is 38.4 Å². The van der Waals surface area contributed by atoms with Gasteiger partial charge in [-0.2, -0.15) is 0 Å². The fraction of sp³-hybridized carbons (Fsp3) is 0.0769. The number of aromatic nitrogens is 3. The highest BCUT2D eigenvalue weighted by atomic mass is 16.1. The number of nitrogens with zero attached hydrogens (tertiary/aromatic N) is 2. The van der Waals surface area contributed by atoms with Gasteiger partial charge in [0.25, 0.3) is 0 Å². The van der Waals surface area contributed by atoms with Gasteiger partial charge in [-0.05, 0) is 30.2 Å². The van der Waals surface area contributed by atoms with E-state index in [0.29, 0.717) is 6.44 Å². The van der Waals surface area contributed by atoms with Crippen LogP contribution in [0.4, 0.5) is 0 Å². The molecule has 18 heavy (non-hydrogen) atoms. The average Bonchev–Trinajstić information content (AvgIpc) is 2.82. The van der Waals surface area contributed by atoms with Gasteiger partial charge in [-0.3, -0.25) is 4.79 Å². The summed E-state index contributed by atoms with van der Waals surface area (Å²) in [5.74, 6) is 0. The second-order valence-electron chi connectivity index (χ2n) is 4.14. The number of nitrogens with one attached hydrogen (secondary N) is 1. The minimum atomic E-state index is 0.0215. The van der Waals surface area contributed by atoms with Crippen molar-refractivity contribution in [2.24, 2.45) is 0 Å². The molecule has 3 aromatic rings. The van der Waals surface area contributed by atoms with Crippen LogP contribution in [0.1, 0.15) is 0 Å². The lowest BCUT2D eigenvalue weighted by molar-refractivity contribution is 0.832. The predicted octanol–water partition coefficient (Wildman–Crippen LogP) is 0.982. The van der Waals surface area contributed by atoms with Crippen LogP contribution in [0.15, 0.2) is 47.7 Å². The molecular weight excluding hydrogens is 225 g/mol. The Morgan fingerprint density at radius 2 is 2.28 bits per heavy atom. The van der Waals surface area contributed by atoms with Gasteiger partial charge in [-0.25, -0.2) is 4.98 Å². The van der Waals surface area contributed by atoms with Crippen LogP contribution in [-0.4, -0.2) is 22.4 Å². The van der Waals surface area contributed by atoms with Gasteiger partial charge in [0.2, 0.25) is 5.56 Å². The van der Waals surface area contributed by atoms with Crippen molar-refractivity contribution in [3.05, 3.63) is 53.2 Å². The van der Waals surface area contributed by atoms with Gasteiger partial charge >= 0.3 is 0 Å². The van der Waals surface area contributed by atoms with Crippen LogP contribution in [-0.2, 0) is 6.44 Å². The minimum Gasteiger partial charge on any atom is -0.346 e. The Labute approximate surface area is 105 Å². The van der Waals surface area contributed by atoms with Gasteiger partial charge in [-0.15, -0.1) is 0 Å². The number of fused-ring (bicyclic) bond motifs is 1. The van der Waals surface area contributed by atoms with E-state index in [2.05, 4.69) is 9.97 Å². The third-order valence-electron chi connectivity index (χ3n) is 3.10. The molecule has 4 nitrogen and oxygen atoms in total. The number of pyridine rings is 2. The first-order valence-corrected chi connectivity index (χ1v) is 5.92. The quantitative estimate of drug-likeness (QED) is 0.675. The highest BCUT2D eigenvalue weighted by molar-refractivity contribution is 6.06. The van der Waals surface area contributed by atoms with E-state index in [-0.39, 0.29) is 5.56 Å². The molecular formula is C13H12BN3O. The van der Waals surface area contributed by atoms with Crippen LogP contribution in [0.3, 0.4) is 0 Å². The second kappa shape index (κ2) is 4.18. The number of rotatable bonds is 2. The predicted molar refractivity (Wildman–Crippen MR) is 74.3 cm³/mol. The fourth-order valence-electron chi connectivity index (χ4n) is 2.13. The van der Waals surface area contributed by atoms with E-state index < -0.39 is 0 Å². The van der Waals surface area contributed by atoms with Crippen molar-refractivity contribution in [3.63, 3.8) is 0 Å². The first kappa shape index (κ1) is 10.8. The molecule has 3 rings (SSSR count). The maximum absolute atomic E-state index is 11.8. The molecule has 0 aromatic carbocycles. The molecule has 3 aromatic heterocycles. The normalized spacial score (nSPS) is 10.9. The van der Waals surface area contributed by atoms with Gasteiger partial charge in [0.05, 0.1) is 0 Å². The molecule has 0 unspecified atom stereocenters. The van der Waals surface area contributed by atoms with Crippen LogP contribution < -0.4 is 5.56 Å². The van der Waals surface area contributed by atoms with E-state index in [0.717, 1.165) is 22.2 Å². The maximum atomic E-state index is 11.8. The molecule has 1 N–H and O–H groups in total. The topological polar surface area (TPSA) is 50.7 Å². The van der Waals surface area contributed by atoms with Gasteiger partial charge < -0.3 is 9.55 Å². The summed E-state index contributed by atoms with van der Waals surface area (Å²) in [6.07, 6.45) is 6.15. The summed E-state index contributed by atoms with van der Waals surface area (Å²) in [6, 6.07) is 7.52. The SMILES string of the molecule is BCn1ccc(-c2c[nH]c3ncccc23)cc1=O. The van der Waals surface area contributed by atoms with E-state index in [4.69, 9.17) is 0 Å². The Bertz CT molecular complexity index is 760. The zero-order valence-electron chi connectivity index (χ0n) is 10.1. The van der Waals surface area contributed by atoms with E-state index >= 15 is 0 Å². The molecule has 5 heteroatoms. The summed E-state index contributed by atoms with van der Waals surface area (Å²) in [5, 5.41) is 1.03. The molecule has 88 valence electrons. The smallest absolute Gasteiger partial charge is 0.250 e. The minimum absolute atomic E-state index is 0.0215. The molecule has 0 aliphatic heterocycles. The van der Waals surface area contributed by atoms with Crippen molar-refractivity contribution in [2.45, 2.75) is 6.44 Å². The van der Waals surface area contributed by atoms with Gasteiger partial charge in [0.15, 0.2) is 0 Å². The molecule has 0 saturated heterocycles. The standard InChI is InChI=1S/C13H12BN3O/c14-8-17-5-3-9(6-12(17)18)11-7-16-13-10(11)2-1-4-15-13/h1-7H,8,14H2,(H,15,16). The summed E-state index contributed by atoms with van der Waals surface area (Å²) >= 11 is 0. The zero-order valence-corrected chi connectivity index (χ0v) is 10.1. The fourth-order valence-corrected chi connectivity index (χ4v) is 2.13. The summed E-state index contributed by atoms with van der Waals surface area (Å²) < 4.78 is 1.68. The van der Waals surface area contributed by atoms with E-state index in [1.54, 1.807) is 16.8 Å².